The first-order valence-electron chi connectivity index (χ1n) is 12.5. The zero-order valence-electron chi connectivity index (χ0n) is 21.1. The lowest BCUT2D eigenvalue weighted by Crippen LogP contribution is -2.38. The molecule has 1 atom stereocenters. The van der Waals surface area contributed by atoms with E-state index in [2.05, 4.69) is 10.6 Å². The molecule has 0 fully saturated rings. The van der Waals surface area contributed by atoms with E-state index in [-0.39, 0.29) is 13.0 Å². The molecule has 3 aromatic rings. The quantitative estimate of drug-likeness (QED) is 0.319. The van der Waals surface area contributed by atoms with Crippen LogP contribution in [0.2, 0.25) is 0 Å². The largest absolute Gasteiger partial charge is 0.461 e. The van der Waals surface area contributed by atoms with Crippen LogP contribution in [-0.2, 0) is 48.1 Å². The van der Waals surface area contributed by atoms with Gasteiger partial charge in [-0.05, 0) is 29.5 Å². The number of carbonyl (C=O) groups is 4. The van der Waals surface area contributed by atoms with Crippen molar-refractivity contribution in [2.75, 3.05) is 19.7 Å². The third kappa shape index (κ3) is 10.7. The standard InChI is InChI=1S/C30H32N2O6/c33-27(31-17-16-23-10-4-1-5-11-23)22-38-29(35)20-32-30(36)26(18-24-12-6-2-7-13-24)19-28(34)37-21-25-14-8-3-9-15-25/h1-15,26H,16-22H2,(H,31,33)(H,32,36)/t26-/m1/s1. The molecule has 8 heteroatoms. The fourth-order valence-electron chi connectivity index (χ4n) is 3.70. The van der Waals surface area contributed by atoms with Crippen LogP contribution in [-0.4, -0.2) is 43.4 Å². The van der Waals surface area contributed by atoms with Gasteiger partial charge >= 0.3 is 11.9 Å². The van der Waals surface area contributed by atoms with Gasteiger partial charge in [0.05, 0.1) is 12.3 Å². The molecular weight excluding hydrogens is 484 g/mol. The summed E-state index contributed by atoms with van der Waals surface area (Å²) in [6.45, 7) is -0.332. The molecule has 0 aliphatic heterocycles. The zero-order valence-corrected chi connectivity index (χ0v) is 21.1. The maximum absolute atomic E-state index is 12.9. The Morgan fingerprint density at radius 3 is 1.87 bits per heavy atom. The number of hydrogen-bond donors (Lipinski definition) is 2. The summed E-state index contributed by atoms with van der Waals surface area (Å²) in [6.07, 6.45) is 0.811. The van der Waals surface area contributed by atoms with Gasteiger partial charge in [-0.2, -0.15) is 0 Å². The minimum Gasteiger partial charge on any atom is -0.461 e. The van der Waals surface area contributed by atoms with Crippen LogP contribution in [0.4, 0.5) is 0 Å². The number of amides is 2. The van der Waals surface area contributed by atoms with Crippen LogP contribution >= 0.6 is 0 Å². The van der Waals surface area contributed by atoms with Gasteiger partial charge in [-0.15, -0.1) is 0 Å². The van der Waals surface area contributed by atoms with Crippen molar-refractivity contribution in [3.8, 4) is 0 Å². The Labute approximate surface area is 222 Å². The molecule has 38 heavy (non-hydrogen) atoms. The molecular formula is C30H32N2O6. The van der Waals surface area contributed by atoms with Crippen LogP contribution in [0.1, 0.15) is 23.1 Å². The first-order valence-corrected chi connectivity index (χ1v) is 12.5. The van der Waals surface area contributed by atoms with Crippen LogP contribution in [0.25, 0.3) is 0 Å². The first kappa shape index (κ1) is 28.1. The predicted molar refractivity (Wildman–Crippen MR) is 142 cm³/mol. The molecule has 0 aliphatic carbocycles. The highest BCUT2D eigenvalue weighted by Crippen LogP contribution is 2.15. The number of carbonyl (C=O) groups excluding carboxylic acids is 4. The van der Waals surface area contributed by atoms with Crippen molar-refractivity contribution in [3.63, 3.8) is 0 Å². The fraction of sp³-hybridized carbons (Fsp3) is 0.267. The van der Waals surface area contributed by atoms with Crippen LogP contribution in [0.3, 0.4) is 0 Å². The summed E-state index contributed by atoms with van der Waals surface area (Å²) in [5, 5.41) is 5.20. The van der Waals surface area contributed by atoms with E-state index in [1.165, 1.54) is 0 Å². The summed E-state index contributed by atoms with van der Waals surface area (Å²) in [4.78, 5) is 49.4. The number of esters is 2. The molecule has 2 amide bonds. The number of hydrogen-bond acceptors (Lipinski definition) is 6. The Morgan fingerprint density at radius 2 is 1.24 bits per heavy atom. The van der Waals surface area contributed by atoms with Crippen molar-refractivity contribution in [1.29, 1.82) is 0 Å². The van der Waals surface area contributed by atoms with E-state index < -0.39 is 42.8 Å². The Bertz CT molecular complexity index is 1170. The van der Waals surface area contributed by atoms with Crippen LogP contribution < -0.4 is 10.6 Å². The highest BCUT2D eigenvalue weighted by Gasteiger charge is 2.24. The van der Waals surface area contributed by atoms with Gasteiger partial charge in [0.15, 0.2) is 6.61 Å². The molecule has 198 valence electrons. The normalized spacial score (nSPS) is 11.2. The minimum atomic E-state index is -0.748. The maximum Gasteiger partial charge on any atom is 0.325 e. The Hall–Kier alpha value is -4.46. The van der Waals surface area contributed by atoms with E-state index in [9.17, 15) is 19.2 Å². The summed E-state index contributed by atoms with van der Waals surface area (Å²) in [5.74, 6) is -2.91. The van der Waals surface area contributed by atoms with E-state index >= 15 is 0 Å². The smallest absolute Gasteiger partial charge is 0.325 e. The van der Waals surface area contributed by atoms with Gasteiger partial charge in [-0.3, -0.25) is 19.2 Å². The number of nitrogens with one attached hydrogen (secondary N) is 2. The zero-order chi connectivity index (χ0) is 27.0. The summed E-state index contributed by atoms with van der Waals surface area (Å²) >= 11 is 0. The molecule has 0 saturated heterocycles. The van der Waals surface area contributed by atoms with Crippen LogP contribution in [0.15, 0.2) is 91.0 Å². The molecule has 8 nitrogen and oxygen atoms in total. The molecule has 0 saturated carbocycles. The number of rotatable bonds is 14. The Kier molecular flexibility index (Phi) is 11.5. The van der Waals surface area contributed by atoms with Gasteiger partial charge in [0, 0.05) is 6.54 Å². The highest BCUT2D eigenvalue weighted by molar-refractivity contribution is 5.87. The van der Waals surface area contributed by atoms with Crippen molar-refractivity contribution < 1.29 is 28.7 Å². The summed E-state index contributed by atoms with van der Waals surface area (Å²) in [5.41, 5.74) is 2.80. The van der Waals surface area contributed by atoms with Crippen molar-refractivity contribution in [1.82, 2.24) is 10.6 Å². The summed E-state index contributed by atoms with van der Waals surface area (Å²) < 4.78 is 10.3. The highest BCUT2D eigenvalue weighted by atomic mass is 16.5. The van der Waals surface area contributed by atoms with E-state index in [4.69, 9.17) is 9.47 Å². The fourth-order valence-corrected chi connectivity index (χ4v) is 3.70. The van der Waals surface area contributed by atoms with Crippen molar-refractivity contribution in [2.45, 2.75) is 25.9 Å². The molecule has 0 unspecified atom stereocenters. The van der Waals surface area contributed by atoms with Gasteiger partial charge < -0.3 is 20.1 Å². The van der Waals surface area contributed by atoms with Crippen LogP contribution in [0.5, 0.6) is 0 Å². The summed E-state index contributed by atoms with van der Waals surface area (Å²) in [7, 11) is 0. The molecule has 0 aromatic heterocycles. The minimum absolute atomic E-state index is 0.110. The molecule has 3 aromatic carbocycles. The van der Waals surface area contributed by atoms with Crippen molar-refractivity contribution in [2.24, 2.45) is 5.92 Å². The lowest BCUT2D eigenvalue weighted by molar-refractivity contribution is -0.149. The molecule has 3 rings (SSSR count). The van der Waals surface area contributed by atoms with E-state index in [1.54, 1.807) is 0 Å². The first-order chi connectivity index (χ1) is 18.5. The molecule has 0 radical (unpaired) electrons. The predicted octanol–water partition coefficient (Wildman–Crippen LogP) is 3.00. The Morgan fingerprint density at radius 1 is 0.658 bits per heavy atom. The third-order valence-corrected chi connectivity index (χ3v) is 5.70. The second kappa shape index (κ2) is 15.6. The Balaban J connectivity index is 1.42. The van der Waals surface area contributed by atoms with E-state index in [0.717, 1.165) is 16.7 Å². The van der Waals surface area contributed by atoms with E-state index in [1.807, 2.05) is 91.0 Å². The van der Waals surface area contributed by atoms with Gasteiger partial charge in [-0.1, -0.05) is 91.0 Å². The number of ether oxygens (including phenoxy) is 2. The second-order valence-electron chi connectivity index (χ2n) is 8.70. The van der Waals surface area contributed by atoms with Gasteiger partial charge in [0.1, 0.15) is 13.2 Å². The average molecular weight is 517 g/mol. The second-order valence-corrected chi connectivity index (χ2v) is 8.70. The molecule has 2 N–H and O–H groups in total. The lowest BCUT2D eigenvalue weighted by Gasteiger charge is -2.16. The van der Waals surface area contributed by atoms with Gasteiger partial charge in [0.25, 0.3) is 5.91 Å². The molecule has 0 spiro atoms. The van der Waals surface area contributed by atoms with Crippen molar-refractivity contribution in [3.05, 3.63) is 108 Å². The third-order valence-electron chi connectivity index (χ3n) is 5.70. The molecule has 0 bridgehead atoms. The van der Waals surface area contributed by atoms with Crippen molar-refractivity contribution >= 4 is 23.8 Å². The molecule has 0 heterocycles. The van der Waals surface area contributed by atoms with Gasteiger partial charge in [0.2, 0.25) is 5.91 Å². The number of benzene rings is 3. The summed E-state index contributed by atoms with van der Waals surface area (Å²) in [6, 6.07) is 28.2. The monoisotopic (exact) mass is 516 g/mol. The maximum atomic E-state index is 12.9. The average Bonchev–Trinajstić information content (AvgIpc) is 2.95. The molecule has 0 aliphatic rings. The topological polar surface area (TPSA) is 111 Å². The van der Waals surface area contributed by atoms with Gasteiger partial charge in [-0.25, -0.2) is 0 Å². The van der Waals surface area contributed by atoms with Crippen LogP contribution in [0, 0.1) is 5.92 Å². The SMILES string of the molecule is O=C(COC(=O)CNC(=O)[C@@H](CC(=O)OCc1ccccc1)Cc1ccccc1)NCCc1ccccc1. The van der Waals surface area contributed by atoms with E-state index in [0.29, 0.717) is 19.4 Å². The lowest BCUT2D eigenvalue weighted by atomic mass is 9.95.